The van der Waals surface area contributed by atoms with Gasteiger partial charge in [-0.25, -0.2) is 14.4 Å². The van der Waals surface area contributed by atoms with Crippen LogP contribution < -0.4 is 15.4 Å². The van der Waals surface area contributed by atoms with Crippen LogP contribution in [0.3, 0.4) is 0 Å². The number of aromatic nitrogens is 2. The number of nitrogens with zero attached hydrogens (tertiary/aromatic N) is 2. The molecule has 3 N–H and O–H groups in total. The predicted octanol–water partition coefficient (Wildman–Crippen LogP) is 5.00. The Morgan fingerprint density at radius 3 is 2.74 bits per heavy atom. The second-order valence-electron chi connectivity index (χ2n) is 12.8. The van der Waals surface area contributed by atoms with Crippen molar-refractivity contribution in [2.24, 2.45) is 5.41 Å². The molecule has 1 aliphatic carbocycles. The van der Waals surface area contributed by atoms with Crippen LogP contribution in [0.1, 0.15) is 69.2 Å². The Labute approximate surface area is 251 Å². The first-order valence-electron chi connectivity index (χ1n) is 14.6. The highest BCUT2D eigenvalue weighted by atomic mass is 32.1. The van der Waals surface area contributed by atoms with E-state index in [4.69, 9.17) is 14.5 Å². The van der Waals surface area contributed by atoms with Crippen molar-refractivity contribution < 1.29 is 23.8 Å². The summed E-state index contributed by atoms with van der Waals surface area (Å²) in [6.07, 6.45) is 7.72. The molecular formula is C32H41FN4O4S. The number of aliphatic hydroxyl groups is 1. The van der Waals surface area contributed by atoms with Crippen molar-refractivity contribution >= 4 is 17.2 Å². The number of fused-ring (bicyclic) bond motifs is 1. The maximum Gasteiger partial charge on any atom is 0.246 e. The number of ether oxygens (including phenoxy) is 2. The zero-order chi connectivity index (χ0) is 29.9. The van der Waals surface area contributed by atoms with Crippen molar-refractivity contribution in [3.63, 3.8) is 0 Å². The maximum atomic E-state index is 14.6. The number of amides is 1. The molecule has 2 aromatic heterocycles. The van der Waals surface area contributed by atoms with Crippen LogP contribution >= 0.6 is 11.3 Å². The Morgan fingerprint density at radius 2 is 2.07 bits per heavy atom. The molecule has 1 fully saturated rings. The standard InChI is InChI=1S/C32H41FN4O4S/c1-31(2,3)15-21-13-23-26(16-32(8-5-9-32)41-29(23)36-17-21)35-18-27(38)25(37-28(39)19-40-4)14-20-6-7-24(33)22(12-20)30-34-10-11-42-30/h6-7,10-13,17,25-27,35,38H,5,8-9,14-16,18-19H2,1-4H3,(H,37,39)/t25-,26-,27+/m0/s1. The molecule has 3 aromatic rings. The summed E-state index contributed by atoms with van der Waals surface area (Å²) in [5.41, 5.74) is 3.24. The lowest BCUT2D eigenvalue weighted by Crippen LogP contribution is -2.52. The number of halogens is 1. The van der Waals surface area contributed by atoms with Crippen LogP contribution in [0.2, 0.25) is 0 Å². The highest BCUT2D eigenvalue weighted by Gasteiger charge is 2.46. The molecular weight excluding hydrogens is 555 g/mol. The van der Waals surface area contributed by atoms with Gasteiger partial charge in [0.15, 0.2) is 0 Å². The molecule has 42 heavy (non-hydrogen) atoms. The van der Waals surface area contributed by atoms with Gasteiger partial charge in [-0.05, 0) is 66.8 Å². The number of thiazole rings is 1. The van der Waals surface area contributed by atoms with E-state index in [-0.39, 0.29) is 41.9 Å². The fraction of sp³-hybridized carbons (Fsp3) is 0.531. The lowest BCUT2D eigenvalue weighted by atomic mass is 9.73. The molecule has 1 amide bonds. The maximum absolute atomic E-state index is 14.6. The lowest BCUT2D eigenvalue weighted by Gasteiger charge is -2.47. The van der Waals surface area contributed by atoms with E-state index in [1.807, 2.05) is 6.20 Å². The van der Waals surface area contributed by atoms with E-state index < -0.39 is 12.1 Å². The van der Waals surface area contributed by atoms with Crippen molar-refractivity contribution in [3.8, 4) is 16.5 Å². The normalized spacial score (nSPS) is 19.0. The number of carbonyl (C=O) groups excluding carboxylic acids is 1. The third-order valence-corrected chi connectivity index (χ3v) is 8.81. The van der Waals surface area contributed by atoms with Crippen LogP contribution in [0.4, 0.5) is 4.39 Å². The van der Waals surface area contributed by atoms with Gasteiger partial charge < -0.3 is 25.2 Å². The van der Waals surface area contributed by atoms with E-state index in [9.17, 15) is 14.3 Å². The molecule has 1 spiro atoms. The molecule has 5 rings (SSSR count). The molecule has 1 aliphatic heterocycles. The zero-order valence-corrected chi connectivity index (χ0v) is 25.6. The number of hydrogen-bond donors (Lipinski definition) is 3. The quantitative estimate of drug-likeness (QED) is 0.286. The van der Waals surface area contributed by atoms with Gasteiger partial charge in [0.1, 0.15) is 23.0 Å². The van der Waals surface area contributed by atoms with E-state index in [2.05, 4.69) is 42.5 Å². The SMILES string of the molecule is COCC(=O)N[C@@H](Cc1ccc(F)c(-c2nccs2)c1)[C@H](O)CN[C@H]1CC2(CCC2)Oc2ncc(CC(C)(C)C)cc21. The van der Waals surface area contributed by atoms with E-state index in [0.29, 0.717) is 22.9 Å². The molecule has 226 valence electrons. The number of aliphatic hydroxyl groups excluding tert-OH is 1. The monoisotopic (exact) mass is 596 g/mol. The topological polar surface area (TPSA) is 106 Å². The average molecular weight is 597 g/mol. The number of nitrogens with one attached hydrogen (secondary N) is 2. The molecule has 3 heterocycles. The number of rotatable bonds is 11. The molecule has 0 saturated heterocycles. The van der Waals surface area contributed by atoms with Gasteiger partial charge in [-0.15, -0.1) is 11.3 Å². The van der Waals surface area contributed by atoms with E-state index >= 15 is 0 Å². The summed E-state index contributed by atoms with van der Waals surface area (Å²) >= 11 is 1.36. The number of carbonyl (C=O) groups is 1. The third kappa shape index (κ3) is 7.34. The van der Waals surface area contributed by atoms with Crippen LogP contribution in [-0.4, -0.2) is 59.0 Å². The van der Waals surface area contributed by atoms with Crippen molar-refractivity contribution in [1.82, 2.24) is 20.6 Å². The molecule has 0 radical (unpaired) electrons. The minimum atomic E-state index is -0.923. The Balaban J connectivity index is 1.34. The summed E-state index contributed by atoms with van der Waals surface area (Å²) in [4.78, 5) is 21.5. The predicted molar refractivity (Wildman–Crippen MR) is 161 cm³/mol. The molecule has 2 aliphatic rings. The largest absolute Gasteiger partial charge is 0.471 e. The Kier molecular flexibility index (Phi) is 9.27. The summed E-state index contributed by atoms with van der Waals surface area (Å²) in [6.45, 7) is 6.73. The van der Waals surface area contributed by atoms with Crippen LogP contribution in [0.5, 0.6) is 5.88 Å². The first kappa shape index (κ1) is 30.5. The van der Waals surface area contributed by atoms with Crippen molar-refractivity contribution in [3.05, 3.63) is 64.5 Å². The number of pyridine rings is 1. The lowest BCUT2D eigenvalue weighted by molar-refractivity contribution is -0.126. The number of hydrogen-bond acceptors (Lipinski definition) is 8. The van der Waals surface area contributed by atoms with Crippen molar-refractivity contribution in [1.29, 1.82) is 0 Å². The summed E-state index contributed by atoms with van der Waals surface area (Å²) in [5, 5.41) is 20.3. The molecule has 1 aromatic carbocycles. The molecule has 1 saturated carbocycles. The number of methoxy groups -OCH3 is 1. The average Bonchev–Trinajstić information content (AvgIpc) is 3.45. The van der Waals surface area contributed by atoms with Gasteiger partial charge in [0, 0.05) is 55.0 Å². The molecule has 0 bridgehead atoms. The first-order valence-corrected chi connectivity index (χ1v) is 15.5. The number of benzene rings is 1. The summed E-state index contributed by atoms with van der Waals surface area (Å²) in [7, 11) is 1.45. The Hall–Kier alpha value is -2.92. The van der Waals surface area contributed by atoms with Gasteiger partial charge >= 0.3 is 0 Å². The minimum absolute atomic E-state index is 0.0474. The van der Waals surface area contributed by atoms with E-state index in [1.54, 1.807) is 23.7 Å². The summed E-state index contributed by atoms with van der Waals surface area (Å²) in [6, 6.07) is 6.33. The summed E-state index contributed by atoms with van der Waals surface area (Å²) in [5.74, 6) is -0.0281. The molecule has 0 unspecified atom stereocenters. The van der Waals surface area contributed by atoms with Gasteiger partial charge in [-0.3, -0.25) is 4.79 Å². The van der Waals surface area contributed by atoms with Gasteiger partial charge in [-0.2, -0.15) is 0 Å². The third-order valence-electron chi connectivity index (χ3n) is 8.01. The second kappa shape index (κ2) is 12.8. The molecule has 8 nitrogen and oxygen atoms in total. The van der Waals surface area contributed by atoms with Gasteiger partial charge in [0.25, 0.3) is 0 Å². The zero-order valence-electron chi connectivity index (χ0n) is 24.8. The fourth-order valence-electron chi connectivity index (χ4n) is 5.89. The highest BCUT2D eigenvalue weighted by Crippen LogP contribution is 2.48. The van der Waals surface area contributed by atoms with Crippen LogP contribution in [0.15, 0.2) is 42.0 Å². The smallest absolute Gasteiger partial charge is 0.246 e. The van der Waals surface area contributed by atoms with Crippen LogP contribution in [0, 0.1) is 11.2 Å². The Morgan fingerprint density at radius 1 is 1.26 bits per heavy atom. The molecule has 10 heteroatoms. The first-order chi connectivity index (χ1) is 20.0. The van der Waals surface area contributed by atoms with Crippen LogP contribution in [-0.2, 0) is 22.4 Å². The highest BCUT2D eigenvalue weighted by molar-refractivity contribution is 7.13. The fourth-order valence-corrected chi connectivity index (χ4v) is 6.54. The Bertz CT molecular complexity index is 1370. The second-order valence-corrected chi connectivity index (χ2v) is 13.7. The van der Waals surface area contributed by atoms with Gasteiger partial charge in [0.2, 0.25) is 11.8 Å². The van der Waals surface area contributed by atoms with E-state index in [0.717, 1.165) is 48.8 Å². The summed E-state index contributed by atoms with van der Waals surface area (Å²) < 4.78 is 26.0. The molecule has 3 atom stereocenters. The van der Waals surface area contributed by atoms with Crippen molar-refractivity contribution in [2.75, 3.05) is 20.3 Å². The van der Waals surface area contributed by atoms with Gasteiger partial charge in [0.05, 0.1) is 12.1 Å². The van der Waals surface area contributed by atoms with E-state index in [1.165, 1.54) is 24.5 Å². The van der Waals surface area contributed by atoms with Crippen molar-refractivity contribution in [2.45, 2.75) is 83.1 Å². The van der Waals surface area contributed by atoms with Crippen LogP contribution in [0.25, 0.3) is 10.6 Å². The van der Waals surface area contributed by atoms with Gasteiger partial charge in [-0.1, -0.05) is 26.8 Å². The minimum Gasteiger partial charge on any atom is -0.471 e.